The second-order valence-electron chi connectivity index (χ2n) is 4.26. The van der Waals surface area contributed by atoms with Crippen molar-refractivity contribution in [3.05, 3.63) is 0 Å². The molecule has 0 bridgehead atoms. The fraction of sp³-hybridized carbons (Fsp3) is 0.727. The topological polar surface area (TPSA) is 98.0 Å². The average Bonchev–Trinajstić information content (AvgIpc) is 2.43. The van der Waals surface area contributed by atoms with Crippen molar-refractivity contribution in [1.29, 1.82) is 0 Å². The van der Waals surface area contributed by atoms with E-state index in [-0.39, 0.29) is 24.3 Å². The van der Waals surface area contributed by atoms with Crippen LogP contribution in [0.1, 0.15) is 32.6 Å². The Morgan fingerprint density at radius 1 is 1.14 bits per heavy atom. The van der Waals surface area contributed by atoms with Crippen LogP contribution in [-0.2, 0) is 0 Å². The maximum absolute atomic E-state index is 12.0. The van der Waals surface area contributed by atoms with Crippen LogP contribution in [0.25, 0.3) is 0 Å². The molecular formula is C11H19F3N6O. The quantitative estimate of drug-likeness (QED) is 0.365. The maximum Gasteiger partial charge on any atom is 0.389 e. The number of halogens is 3. The molecule has 0 radical (unpaired) electrons. The van der Waals surface area contributed by atoms with Gasteiger partial charge in [0.15, 0.2) is 0 Å². The molecule has 1 rings (SSSR count). The van der Waals surface area contributed by atoms with E-state index in [9.17, 15) is 13.2 Å². The van der Waals surface area contributed by atoms with E-state index in [1.54, 1.807) is 0 Å². The first kappa shape index (κ1) is 17.2. The van der Waals surface area contributed by atoms with Gasteiger partial charge in [-0.25, -0.2) is 5.84 Å². The molecule has 0 fully saturated rings. The molecule has 0 saturated carbocycles. The van der Waals surface area contributed by atoms with Gasteiger partial charge in [0.25, 0.3) is 0 Å². The highest BCUT2D eigenvalue weighted by Crippen LogP contribution is 2.22. The molecule has 0 aliphatic rings. The highest BCUT2D eigenvalue weighted by molar-refractivity contribution is 5.34. The molecule has 120 valence electrons. The van der Waals surface area contributed by atoms with Gasteiger partial charge in [-0.05, 0) is 19.3 Å². The number of rotatable bonds is 9. The van der Waals surface area contributed by atoms with Crippen molar-refractivity contribution >= 4 is 11.9 Å². The summed E-state index contributed by atoms with van der Waals surface area (Å²) in [7, 11) is 0. The Morgan fingerprint density at radius 2 is 1.86 bits per heavy atom. The van der Waals surface area contributed by atoms with Gasteiger partial charge in [0.05, 0.1) is 6.61 Å². The largest absolute Gasteiger partial charge is 0.463 e. The normalized spacial score (nSPS) is 11.3. The third-order valence-electron chi connectivity index (χ3n) is 2.35. The zero-order valence-corrected chi connectivity index (χ0v) is 11.7. The Morgan fingerprint density at radius 3 is 2.48 bits per heavy atom. The van der Waals surface area contributed by atoms with E-state index >= 15 is 0 Å². The molecule has 0 saturated heterocycles. The molecule has 1 heterocycles. The standard InChI is InChI=1S/C11H19F3N6O/c1-2-7-21-10-18-8(17-9(19-10)20-15)16-6-4-3-5-11(12,13)14/h2-7,15H2,1H3,(H2,16,17,18,19,20). The number of ether oxygens (including phenoxy) is 1. The Labute approximate surface area is 120 Å². The first-order valence-corrected chi connectivity index (χ1v) is 6.60. The third-order valence-corrected chi connectivity index (χ3v) is 2.35. The summed E-state index contributed by atoms with van der Waals surface area (Å²) < 4.78 is 41.2. The molecule has 1 aromatic heterocycles. The molecule has 0 unspecified atom stereocenters. The highest BCUT2D eigenvalue weighted by Gasteiger charge is 2.25. The SMILES string of the molecule is CCCOc1nc(NN)nc(NCCCCC(F)(F)F)n1. The Balaban J connectivity index is 2.46. The van der Waals surface area contributed by atoms with Crippen molar-refractivity contribution in [3.8, 4) is 6.01 Å². The van der Waals surface area contributed by atoms with Crippen LogP contribution in [0.3, 0.4) is 0 Å². The van der Waals surface area contributed by atoms with E-state index in [0.717, 1.165) is 6.42 Å². The smallest absolute Gasteiger partial charge is 0.389 e. The average molecular weight is 308 g/mol. The van der Waals surface area contributed by atoms with Gasteiger partial charge in [-0.15, -0.1) is 0 Å². The van der Waals surface area contributed by atoms with E-state index in [1.807, 2.05) is 6.92 Å². The molecule has 0 spiro atoms. The lowest BCUT2D eigenvalue weighted by Crippen LogP contribution is -2.15. The minimum atomic E-state index is -4.12. The van der Waals surface area contributed by atoms with Gasteiger partial charge in [0.2, 0.25) is 11.9 Å². The van der Waals surface area contributed by atoms with Crippen LogP contribution in [0.15, 0.2) is 0 Å². The summed E-state index contributed by atoms with van der Waals surface area (Å²) in [6.45, 7) is 2.69. The summed E-state index contributed by atoms with van der Waals surface area (Å²) in [4.78, 5) is 11.8. The molecule has 7 nitrogen and oxygen atoms in total. The molecule has 10 heteroatoms. The first-order chi connectivity index (χ1) is 9.94. The van der Waals surface area contributed by atoms with E-state index < -0.39 is 12.6 Å². The van der Waals surface area contributed by atoms with Gasteiger partial charge >= 0.3 is 12.2 Å². The van der Waals surface area contributed by atoms with Crippen LogP contribution in [0.5, 0.6) is 6.01 Å². The summed E-state index contributed by atoms with van der Waals surface area (Å²) in [6, 6.07) is 0.109. The second-order valence-corrected chi connectivity index (χ2v) is 4.26. The van der Waals surface area contributed by atoms with Crippen LogP contribution in [0.4, 0.5) is 25.1 Å². The van der Waals surface area contributed by atoms with Gasteiger partial charge in [-0.1, -0.05) is 6.92 Å². The number of nitrogen functional groups attached to an aromatic ring is 1. The lowest BCUT2D eigenvalue weighted by Gasteiger charge is -2.09. The second kappa shape index (κ2) is 8.45. The van der Waals surface area contributed by atoms with Crippen molar-refractivity contribution in [2.24, 2.45) is 5.84 Å². The highest BCUT2D eigenvalue weighted by atomic mass is 19.4. The summed E-state index contributed by atoms with van der Waals surface area (Å²) in [5, 5.41) is 2.82. The van der Waals surface area contributed by atoms with E-state index in [4.69, 9.17) is 10.6 Å². The molecule has 21 heavy (non-hydrogen) atoms. The van der Waals surface area contributed by atoms with Crippen LogP contribution in [0, 0.1) is 0 Å². The lowest BCUT2D eigenvalue weighted by atomic mass is 10.2. The number of alkyl halides is 3. The third kappa shape index (κ3) is 7.49. The predicted octanol–water partition coefficient (Wildman–Crippen LogP) is 2.09. The van der Waals surface area contributed by atoms with Gasteiger partial charge < -0.3 is 10.1 Å². The zero-order valence-electron chi connectivity index (χ0n) is 11.7. The summed E-state index contributed by atoms with van der Waals surface area (Å²) in [5.74, 6) is 5.55. The van der Waals surface area contributed by atoms with Gasteiger partial charge in [0.1, 0.15) is 0 Å². The van der Waals surface area contributed by atoms with Crippen LogP contribution >= 0.6 is 0 Å². The maximum atomic E-state index is 12.0. The van der Waals surface area contributed by atoms with Crippen LogP contribution < -0.4 is 21.3 Å². The number of aromatic nitrogens is 3. The molecule has 0 aliphatic carbocycles. The molecular weight excluding hydrogens is 289 g/mol. The summed E-state index contributed by atoms with van der Waals surface area (Å²) in [5.41, 5.74) is 2.27. The summed E-state index contributed by atoms with van der Waals surface area (Å²) in [6.07, 6.45) is -3.74. The van der Waals surface area contributed by atoms with Gasteiger partial charge in [-0.2, -0.15) is 28.1 Å². The number of nitrogens with two attached hydrogens (primary N) is 1. The van der Waals surface area contributed by atoms with Crippen molar-refractivity contribution in [2.75, 3.05) is 23.9 Å². The molecule has 0 aromatic carbocycles. The molecule has 0 atom stereocenters. The molecule has 4 N–H and O–H groups in total. The number of hydrogen-bond acceptors (Lipinski definition) is 7. The minimum Gasteiger partial charge on any atom is -0.463 e. The lowest BCUT2D eigenvalue weighted by molar-refractivity contribution is -0.135. The zero-order chi connectivity index (χ0) is 15.7. The minimum absolute atomic E-state index is 0.0444. The molecule has 0 amide bonds. The summed E-state index contributed by atoms with van der Waals surface area (Å²) >= 11 is 0. The number of hydrazine groups is 1. The first-order valence-electron chi connectivity index (χ1n) is 6.60. The Hall–Kier alpha value is -1.84. The van der Waals surface area contributed by atoms with Crippen molar-refractivity contribution in [2.45, 2.75) is 38.8 Å². The van der Waals surface area contributed by atoms with E-state index in [1.165, 1.54) is 0 Å². The molecule has 1 aromatic rings. The number of hydrogen-bond donors (Lipinski definition) is 3. The van der Waals surface area contributed by atoms with Crippen molar-refractivity contribution < 1.29 is 17.9 Å². The molecule has 0 aliphatic heterocycles. The van der Waals surface area contributed by atoms with E-state index in [0.29, 0.717) is 19.6 Å². The van der Waals surface area contributed by atoms with E-state index in [2.05, 4.69) is 25.7 Å². The number of nitrogens with one attached hydrogen (secondary N) is 2. The predicted molar refractivity (Wildman–Crippen MR) is 71.8 cm³/mol. The van der Waals surface area contributed by atoms with Gasteiger partial charge in [-0.3, -0.25) is 5.43 Å². The number of anilines is 2. The number of unbranched alkanes of at least 4 members (excludes halogenated alkanes) is 1. The van der Waals surface area contributed by atoms with Crippen molar-refractivity contribution in [1.82, 2.24) is 15.0 Å². The van der Waals surface area contributed by atoms with Crippen LogP contribution in [-0.4, -0.2) is 34.3 Å². The Kier molecular flexibility index (Phi) is 6.92. The Bertz CT molecular complexity index is 429. The van der Waals surface area contributed by atoms with Gasteiger partial charge in [0, 0.05) is 13.0 Å². The monoisotopic (exact) mass is 308 g/mol. The number of nitrogens with zero attached hydrogens (tertiary/aromatic N) is 3. The fourth-order valence-electron chi connectivity index (χ4n) is 1.41. The van der Waals surface area contributed by atoms with Crippen molar-refractivity contribution in [3.63, 3.8) is 0 Å². The fourth-order valence-corrected chi connectivity index (χ4v) is 1.41. The van der Waals surface area contributed by atoms with Crippen LogP contribution in [0.2, 0.25) is 0 Å².